The quantitative estimate of drug-likeness (QED) is 0.794. The molecule has 2 aromatic heterocycles. The van der Waals surface area contributed by atoms with E-state index in [1.807, 2.05) is 42.5 Å². The van der Waals surface area contributed by atoms with Crippen LogP contribution < -0.4 is 10.9 Å². The Balaban J connectivity index is 1.93. The molecule has 120 valence electrons. The zero-order chi connectivity index (χ0) is 16.9. The average Bonchev–Trinajstić information content (AvgIpc) is 2.63. The highest BCUT2D eigenvalue weighted by atomic mass is 16.2. The second-order valence-corrected chi connectivity index (χ2v) is 5.28. The van der Waals surface area contributed by atoms with E-state index in [9.17, 15) is 9.59 Å². The Kier molecular flexibility index (Phi) is 4.47. The second-order valence-electron chi connectivity index (χ2n) is 5.28. The van der Waals surface area contributed by atoms with E-state index >= 15 is 0 Å². The lowest BCUT2D eigenvalue weighted by Crippen LogP contribution is -2.32. The smallest absolute Gasteiger partial charge is 0.272 e. The number of rotatable bonds is 4. The highest BCUT2D eigenvalue weighted by Gasteiger charge is 2.18. The SMILES string of the molecule is Cn1nc(C(=O)NC(c2ccccc2)c2ccncc2)ccc1=O. The Morgan fingerprint density at radius 2 is 1.67 bits per heavy atom. The van der Waals surface area contributed by atoms with Crippen LogP contribution in [-0.4, -0.2) is 20.7 Å². The van der Waals surface area contributed by atoms with Crippen LogP contribution in [0.5, 0.6) is 0 Å². The van der Waals surface area contributed by atoms with E-state index < -0.39 is 0 Å². The average molecular weight is 320 g/mol. The van der Waals surface area contributed by atoms with Gasteiger partial charge in [-0.15, -0.1) is 0 Å². The first kappa shape index (κ1) is 15.6. The van der Waals surface area contributed by atoms with Gasteiger partial charge in [0.15, 0.2) is 0 Å². The van der Waals surface area contributed by atoms with Crippen molar-refractivity contribution in [2.45, 2.75) is 6.04 Å². The fraction of sp³-hybridized carbons (Fsp3) is 0.111. The third-order valence-electron chi connectivity index (χ3n) is 3.64. The summed E-state index contributed by atoms with van der Waals surface area (Å²) in [4.78, 5) is 28.0. The molecule has 0 spiro atoms. The van der Waals surface area contributed by atoms with E-state index in [1.165, 1.54) is 19.2 Å². The van der Waals surface area contributed by atoms with Crippen molar-refractivity contribution in [1.82, 2.24) is 20.1 Å². The molecule has 3 aromatic rings. The highest BCUT2D eigenvalue weighted by Crippen LogP contribution is 2.21. The minimum atomic E-state index is -0.351. The van der Waals surface area contributed by atoms with E-state index in [4.69, 9.17) is 0 Å². The van der Waals surface area contributed by atoms with E-state index in [0.29, 0.717) is 0 Å². The summed E-state index contributed by atoms with van der Waals surface area (Å²) in [7, 11) is 1.51. The molecule has 0 aliphatic heterocycles. The van der Waals surface area contributed by atoms with Crippen LogP contribution in [0.1, 0.15) is 27.7 Å². The van der Waals surface area contributed by atoms with Crippen molar-refractivity contribution < 1.29 is 4.79 Å². The first-order valence-corrected chi connectivity index (χ1v) is 7.45. The molecule has 0 saturated carbocycles. The Labute approximate surface area is 138 Å². The number of carbonyl (C=O) groups excluding carboxylic acids is 1. The van der Waals surface area contributed by atoms with Gasteiger partial charge < -0.3 is 5.32 Å². The molecule has 6 heteroatoms. The number of aromatic nitrogens is 3. The molecule has 1 unspecified atom stereocenters. The van der Waals surface area contributed by atoms with Gasteiger partial charge in [-0.1, -0.05) is 30.3 Å². The summed E-state index contributed by atoms with van der Waals surface area (Å²) >= 11 is 0. The lowest BCUT2D eigenvalue weighted by Gasteiger charge is -2.19. The number of benzene rings is 1. The van der Waals surface area contributed by atoms with Crippen LogP contribution in [0.3, 0.4) is 0 Å². The van der Waals surface area contributed by atoms with Crippen LogP contribution in [0.2, 0.25) is 0 Å². The first-order chi connectivity index (χ1) is 11.6. The van der Waals surface area contributed by atoms with E-state index in [1.54, 1.807) is 12.4 Å². The molecule has 6 nitrogen and oxygen atoms in total. The number of carbonyl (C=O) groups is 1. The maximum atomic E-state index is 12.6. The fourth-order valence-corrected chi connectivity index (χ4v) is 2.39. The Morgan fingerprint density at radius 3 is 2.33 bits per heavy atom. The van der Waals surface area contributed by atoms with Gasteiger partial charge in [0, 0.05) is 25.5 Å². The summed E-state index contributed by atoms with van der Waals surface area (Å²) in [6, 6.07) is 15.8. The van der Waals surface area contributed by atoms with Crippen LogP contribution in [0, 0.1) is 0 Å². The number of amides is 1. The van der Waals surface area contributed by atoms with Crippen molar-refractivity contribution >= 4 is 5.91 Å². The number of nitrogens with one attached hydrogen (secondary N) is 1. The fourth-order valence-electron chi connectivity index (χ4n) is 2.39. The minimum absolute atomic E-state index is 0.187. The molecule has 0 bridgehead atoms. The molecule has 1 N–H and O–H groups in total. The van der Waals surface area contributed by atoms with Crippen molar-refractivity contribution in [2.24, 2.45) is 7.05 Å². The number of aryl methyl sites for hydroxylation is 1. The minimum Gasteiger partial charge on any atom is -0.340 e. The maximum Gasteiger partial charge on any atom is 0.272 e. The Bertz CT molecular complexity index is 852. The first-order valence-electron chi connectivity index (χ1n) is 7.45. The lowest BCUT2D eigenvalue weighted by molar-refractivity contribution is 0.0935. The van der Waals surface area contributed by atoms with Crippen LogP contribution in [0.4, 0.5) is 0 Å². The topological polar surface area (TPSA) is 76.9 Å². The largest absolute Gasteiger partial charge is 0.340 e. The van der Waals surface area contributed by atoms with Crippen LogP contribution >= 0.6 is 0 Å². The van der Waals surface area contributed by atoms with Gasteiger partial charge in [0.1, 0.15) is 5.69 Å². The normalized spacial score (nSPS) is 11.7. The van der Waals surface area contributed by atoms with Crippen LogP contribution in [-0.2, 0) is 7.05 Å². The van der Waals surface area contributed by atoms with E-state index in [2.05, 4.69) is 15.4 Å². The van der Waals surface area contributed by atoms with Gasteiger partial charge in [-0.25, -0.2) is 4.68 Å². The molecule has 0 aliphatic carbocycles. The van der Waals surface area contributed by atoms with Gasteiger partial charge in [-0.05, 0) is 29.3 Å². The number of hydrogen-bond acceptors (Lipinski definition) is 4. The third-order valence-corrected chi connectivity index (χ3v) is 3.64. The van der Waals surface area contributed by atoms with Gasteiger partial charge in [0.05, 0.1) is 6.04 Å². The monoisotopic (exact) mass is 320 g/mol. The second kappa shape index (κ2) is 6.87. The van der Waals surface area contributed by atoms with Crippen molar-refractivity contribution in [3.63, 3.8) is 0 Å². The summed E-state index contributed by atoms with van der Waals surface area (Å²) in [6.07, 6.45) is 3.36. The third kappa shape index (κ3) is 3.38. The molecule has 3 rings (SSSR count). The molecule has 1 amide bonds. The van der Waals surface area contributed by atoms with Crippen molar-refractivity contribution in [3.8, 4) is 0 Å². The lowest BCUT2D eigenvalue weighted by atomic mass is 9.99. The van der Waals surface area contributed by atoms with Gasteiger partial charge in [0.25, 0.3) is 11.5 Å². The van der Waals surface area contributed by atoms with Gasteiger partial charge in [-0.3, -0.25) is 14.6 Å². The molecule has 1 aromatic carbocycles. The summed E-state index contributed by atoms with van der Waals surface area (Å²) in [6.45, 7) is 0. The molecule has 24 heavy (non-hydrogen) atoms. The number of nitrogens with zero attached hydrogens (tertiary/aromatic N) is 3. The molecule has 2 heterocycles. The van der Waals surface area contributed by atoms with E-state index in [-0.39, 0.29) is 23.2 Å². The zero-order valence-electron chi connectivity index (χ0n) is 13.1. The van der Waals surface area contributed by atoms with Crippen molar-refractivity contribution in [2.75, 3.05) is 0 Å². The highest BCUT2D eigenvalue weighted by molar-refractivity contribution is 5.92. The molecule has 1 atom stereocenters. The van der Waals surface area contributed by atoms with Crippen LogP contribution in [0.15, 0.2) is 71.8 Å². The molecule has 0 fully saturated rings. The number of pyridine rings is 1. The summed E-state index contributed by atoms with van der Waals surface area (Å²) in [5, 5.41) is 6.96. The standard InChI is InChI=1S/C18H16N4O2/c1-22-16(23)8-7-15(21-22)18(24)20-17(13-5-3-2-4-6-13)14-9-11-19-12-10-14/h2-12,17H,1H3,(H,20,24). The van der Waals surface area contributed by atoms with Gasteiger partial charge >= 0.3 is 0 Å². The van der Waals surface area contributed by atoms with Crippen LogP contribution in [0.25, 0.3) is 0 Å². The predicted molar refractivity (Wildman–Crippen MR) is 89.5 cm³/mol. The van der Waals surface area contributed by atoms with E-state index in [0.717, 1.165) is 15.8 Å². The summed E-state index contributed by atoms with van der Waals surface area (Å²) in [5.41, 5.74) is 1.78. The van der Waals surface area contributed by atoms with Gasteiger partial charge in [0.2, 0.25) is 0 Å². The zero-order valence-corrected chi connectivity index (χ0v) is 13.1. The molecule has 0 radical (unpaired) electrons. The van der Waals surface area contributed by atoms with Gasteiger partial charge in [-0.2, -0.15) is 5.10 Å². The molecular formula is C18H16N4O2. The van der Waals surface area contributed by atoms with Crippen molar-refractivity contribution in [1.29, 1.82) is 0 Å². The molecule has 0 aliphatic rings. The summed E-state index contributed by atoms with van der Waals surface area (Å²) in [5.74, 6) is -0.351. The summed E-state index contributed by atoms with van der Waals surface area (Å²) < 4.78 is 1.14. The Hall–Kier alpha value is -3.28. The Morgan fingerprint density at radius 1 is 1.00 bits per heavy atom. The molecular weight excluding hydrogens is 304 g/mol. The maximum absolute atomic E-state index is 12.6. The van der Waals surface area contributed by atoms with Crippen molar-refractivity contribution in [3.05, 3.63) is 94.2 Å². The number of hydrogen-bond donors (Lipinski definition) is 1. The predicted octanol–water partition coefficient (Wildman–Crippen LogP) is 1.69. The molecule has 0 saturated heterocycles.